The Kier molecular flexibility index (Phi) is 4.77. The summed E-state index contributed by atoms with van der Waals surface area (Å²) in [5.41, 5.74) is 5.22. The number of benzene rings is 4. The van der Waals surface area contributed by atoms with E-state index >= 15 is 0 Å². The van der Waals surface area contributed by atoms with Crippen molar-refractivity contribution < 1.29 is 9.31 Å². The van der Waals surface area contributed by atoms with E-state index in [1.165, 1.54) is 33.0 Å². The van der Waals surface area contributed by atoms with Crippen molar-refractivity contribution in [3.8, 4) is 22.3 Å². The molecule has 1 saturated heterocycles. The topological polar surface area (TPSA) is 18.5 Å². The first-order valence-electron chi connectivity index (χ1n) is 10.9. The summed E-state index contributed by atoms with van der Waals surface area (Å²) in [5, 5.41) is 2.50. The third kappa shape index (κ3) is 3.48. The maximum absolute atomic E-state index is 6.28. The zero-order chi connectivity index (χ0) is 21.6. The molecule has 1 heterocycles. The third-order valence-electron chi connectivity index (χ3n) is 6.73. The van der Waals surface area contributed by atoms with E-state index in [1.807, 2.05) is 0 Å². The molecule has 0 bridgehead atoms. The second-order valence-corrected chi connectivity index (χ2v) is 9.29. The van der Waals surface area contributed by atoms with Crippen LogP contribution in [-0.2, 0) is 9.31 Å². The van der Waals surface area contributed by atoms with Crippen LogP contribution in [0, 0.1) is 0 Å². The first-order valence-corrected chi connectivity index (χ1v) is 10.9. The molecule has 1 aliphatic rings. The van der Waals surface area contributed by atoms with Gasteiger partial charge in [0.1, 0.15) is 0 Å². The van der Waals surface area contributed by atoms with E-state index in [9.17, 15) is 0 Å². The van der Waals surface area contributed by atoms with E-state index in [4.69, 9.17) is 9.31 Å². The lowest BCUT2D eigenvalue weighted by Gasteiger charge is -2.32. The summed E-state index contributed by atoms with van der Waals surface area (Å²) in [5.74, 6) is 0. The summed E-state index contributed by atoms with van der Waals surface area (Å²) in [4.78, 5) is 0. The minimum atomic E-state index is -0.361. The molecular formula is C28H27BO2. The van der Waals surface area contributed by atoms with Gasteiger partial charge in [0.15, 0.2) is 0 Å². The Hall–Kier alpha value is -2.88. The standard InChI is InChI=1S/C28H27BO2/c1-27(2)28(3,4)31-29(30-27)22-14-10-13-21(19-22)24-18-17-23(20-11-6-5-7-12-20)25-15-8-9-16-26(24)25/h5-19H,1-4H3. The zero-order valence-corrected chi connectivity index (χ0v) is 18.6. The van der Waals surface area contributed by atoms with Crippen LogP contribution in [0.4, 0.5) is 0 Å². The van der Waals surface area contributed by atoms with Crippen molar-refractivity contribution in [2.75, 3.05) is 0 Å². The Balaban J connectivity index is 1.59. The maximum atomic E-state index is 6.28. The van der Waals surface area contributed by atoms with E-state index in [0.717, 1.165) is 5.46 Å². The summed E-state index contributed by atoms with van der Waals surface area (Å²) in [6, 6.07) is 32.2. The van der Waals surface area contributed by atoms with Gasteiger partial charge in [0.25, 0.3) is 0 Å². The van der Waals surface area contributed by atoms with Crippen molar-refractivity contribution in [3.05, 3.63) is 91.0 Å². The van der Waals surface area contributed by atoms with E-state index in [2.05, 4.69) is 119 Å². The second kappa shape index (κ2) is 7.37. The molecule has 2 nitrogen and oxygen atoms in total. The molecule has 0 amide bonds. The van der Waals surface area contributed by atoms with Crippen LogP contribution in [0.25, 0.3) is 33.0 Å². The van der Waals surface area contributed by atoms with Crippen LogP contribution in [0.1, 0.15) is 27.7 Å². The summed E-state index contributed by atoms with van der Waals surface area (Å²) in [7, 11) is -0.361. The Morgan fingerprint density at radius 2 is 1.06 bits per heavy atom. The van der Waals surface area contributed by atoms with Gasteiger partial charge in [-0.15, -0.1) is 0 Å². The van der Waals surface area contributed by atoms with Crippen LogP contribution in [0.3, 0.4) is 0 Å². The molecule has 3 heteroatoms. The molecule has 0 radical (unpaired) electrons. The fourth-order valence-electron chi connectivity index (χ4n) is 4.25. The molecule has 0 spiro atoms. The molecule has 0 atom stereocenters. The average Bonchev–Trinajstić information content (AvgIpc) is 3.00. The lowest BCUT2D eigenvalue weighted by molar-refractivity contribution is 0.00578. The molecule has 0 unspecified atom stereocenters. The van der Waals surface area contributed by atoms with Gasteiger partial charge in [-0.25, -0.2) is 0 Å². The molecule has 1 aliphatic heterocycles. The van der Waals surface area contributed by atoms with Crippen molar-refractivity contribution in [3.63, 3.8) is 0 Å². The number of hydrogen-bond acceptors (Lipinski definition) is 2. The number of hydrogen-bond donors (Lipinski definition) is 0. The van der Waals surface area contributed by atoms with Crippen LogP contribution in [0.5, 0.6) is 0 Å². The normalized spacial score (nSPS) is 17.2. The molecule has 0 aromatic heterocycles. The van der Waals surface area contributed by atoms with Gasteiger partial charge in [0, 0.05) is 0 Å². The van der Waals surface area contributed by atoms with Gasteiger partial charge in [0.2, 0.25) is 0 Å². The Bertz CT molecular complexity index is 1230. The van der Waals surface area contributed by atoms with E-state index in [-0.39, 0.29) is 18.3 Å². The van der Waals surface area contributed by atoms with Crippen LogP contribution in [0.2, 0.25) is 0 Å². The summed E-state index contributed by atoms with van der Waals surface area (Å²) < 4.78 is 12.6. The fourth-order valence-corrected chi connectivity index (χ4v) is 4.25. The van der Waals surface area contributed by atoms with Gasteiger partial charge in [-0.05, 0) is 66.2 Å². The Morgan fingerprint density at radius 1 is 0.548 bits per heavy atom. The summed E-state index contributed by atoms with van der Waals surface area (Å²) >= 11 is 0. The average molecular weight is 406 g/mol. The molecular weight excluding hydrogens is 379 g/mol. The van der Waals surface area contributed by atoms with Crippen LogP contribution in [0.15, 0.2) is 91.0 Å². The van der Waals surface area contributed by atoms with E-state index in [0.29, 0.717) is 0 Å². The van der Waals surface area contributed by atoms with Crippen LogP contribution < -0.4 is 5.46 Å². The van der Waals surface area contributed by atoms with Crippen molar-refractivity contribution in [2.24, 2.45) is 0 Å². The first-order chi connectivity index (χ1) is 14.9. The minimum Gasteiger partial charge on any atom is -0.399 e. The Labute approximate surface area is 185 Å². The molecule has 5 rings (SSSR count). The largest absolute Gasteiger partial charge is 0.494 e. The van der Waals surface area contributed by atoms with E-state index < -0.39 is 0 Å². The number of fused-ring (bicyclic) bond motifs is 1. The molecule has 4 aromatic carbocycles. The molecule has 154 valence electrons. The molecule has 0 N–H and O–H groups in total. The van der Waals surface area contributed by atoms with Gasteiger partial charge >= 0.3 is 7.12 Å². The van der Waals surface area contributed by atoms with Crippen LogP contribution in [-0.4, -0.2) is 18.3 Å². The molecule has 0 saturated carbocycles. The van der Waals surface area contributed by atoms with Crippen LogP contribution >= 0.6 is 0 Å². The highest BCUT2D eigenvalue weighted by atomic mass is 16.7. The number of rotatable bonds is 3. The molecule has 1 fully saturated rings. The maximum Gasteiger partial charge on any atom is 0.494 e. The molecule has 0 aliphatic carbocycles. The molecule has 4 aromatic rings. The second-order valence-electron chi connectivity index (χ2n) is 9.29. The highest BCUT2D eigenvalue weighted by Gasteiger charge is 2.51. The highest BCUT2D eigenvalue weighted by molar-refractivity contribution is 6.62. The SMILES string of the molecule is CC1(C)OB(c2cccc(-c3ccc(-c4ccccc4)c4ccccc34)c2)OC1(C)C. The van der Waals surface area contributed by atoms with Crippen molar-refractivity contribution >= 4 is 23.4 Å². The lowest BCUT2D eigenvalue weighted by atomic mass is 9.77. The monoisotopic (exact) mass is 406 g/mol. The fraction of sp³-hybridized carbons (Fsp3) is 0.214. The predicted octanol–water partition coefficient (Wildman–Crippen LogP) is 6.47. The smallest absolute Gasteiger partial charge is 0.399 e. The van der Waals surface area contributed by atoms with Gasteiger partial charge in [0.05, 0.1) is 11.2 Å². The lowest BCUT2D eigenvalue weighted by Crippen LogP contribution is -2.41. The van der Waals surface area contributed by atoms with Gasteiger partial charge < -0.3 is 9.31 Å². The highest BCUT2D eigenvalue weighted by Crippen LogP contribution is 2.38. The van der Waals surface area contributed by atoms with Gasteiger partial charge in [-0.3, -0.25) is 0 Å². The third-order valence-corrected chi connectivity index (χ3v) is 6.73. The van der Waals surface area contributed by atoms with Crippen molar-refractivity contribution in [1.29, 1.82) is 0 Å². The first kappa shape index (κ1) is 20.1. The molecule has 31 heavy (non-hydrogen) atoms. The van der Waals surface area contributed by atoms with Crippen molar-refractivity contribution in [2.45, 2.75) is 38.9 Å². The van der Waals surface area contributed by atoms with E-state index in [1.54, 1.807) is 0 Å². The predicted molar refractivity (Wildman–Crippen MR) is 131 cm³/mol. The Morgan fingerprint density at radius 3 is 1.68 bits per heavy atom. The van der Waals surface area contributed by atoms with Crippen molar-refractivity contribution in [1.82, 2.24) is 0 Å². The summed E-state index contributed by atoms with van der Waals surface area (Å²) in [6.45, 7) is 8.36. The van der Waals surface area contributed by atoms with Gasteiger partial charge in [-0.1, -0.05) is 91.0 Å². The summed E-state index contributed by atoms with van der Waals surface area (Å²) in [6.07, 6.45) is 0. The quantitative estimate of drug-likeness (QED) is 0.363. The van der Waals surface area contributed by atoms with Gasteiger partial charge in [-0.2, -0.15) is 0 Å². The zero-order valence-electron chi connectivity index (χ0n) is 18.6. The minimum absolute atomic E-state index is 0.350.